The highest BCUT2D eigenvalue weighted by Gasteiger charge is 2.16. The minimum absolute atomic E-state index is 0.171. The molecule has 0 atom stereocenters. The number of aryl methyl sites for hydroxylation is 1. The minimum atomic E-state index is -0.686. The van der Waals surface area contributed by atoms with Crippen LogP contribution in [0.3, 0.4) is 0 Å². The van der Waals surface area contributed by atoms with Gasteiger partial charge in [-0.1, -0.05) is 23.2 Å². The molecule has 0 aliphatic heterocycles. The van der Waals surface area contributed by atoms with E-state index in [0.29, 0.717) is 5.02 Å². The Morgan fingerprint density at radius 3 is 2.52 bits per heavy atom. The molecule has 1 aromatic carbocycles. The molecule has 0 saturated heterocycles. The molecule has 2 rings (SSSR count). The van der Waals surface area contributed by atoms with Crippen molar-refractivity contribution in [3.05, 3.63) is 60.8 Å². The van der Waals surface area contributed by atoms with Crippen molar-refractivity contribution in [3.8, 4) is 0 Å². The second-order valence-electron chi connectivity index (χ2n) is 4.38. The molecule has 0 spiro atoms. The summed E-state index contributed by atoms with van der Waals surface area (Å²) >= 11 is 11.8. The number of hydrogen-bond donors (Lipinski definition) is 1. The van der Waals surface area contributed by atoms with Crippen molar-refractivity contribution in [1.82, 2.24) is 9.13 Å². The highest BCUT2D eigenvalue weighted by Crippen LogP contribution is 2.25. The van der Waals surface area contributed by atoms with Gasteiger partial charge >= 0.3 is 5.69 Å². The van der Waals surface area contributed by atoms with Gasteiger partial charge in [-0.3, -0.25) is 14.2 Å². The molecule has 0 bridgehead atoms. The first-order valence-electron chi connectivity index (χ1n) is 5.84. The van der Waals surface area contributed by atoms with Crippen LogP contribution in [-0.4, -0.2) is 15.0 Å². The second kappa shape index (κ2) is 5.75. The van der Waals surface area contributed by atoms with Crippen molar-refractivity contribution in [3.63, 3.8) is 0 Å². The number of benzene rings is 1. The third-order valence-corrected chi connectivity index (χ3v) is 3.43. The average molecular weight is 328 g/mol. The summed E-state index contributed by atoms with van der Waals surface area (Å²) < 4.78 is 2.00. The lowest BCUT2D eigenvalue weighted by Gasteiger charge is -2.09. The van der Waals surface area contributed by atoms with Crippen molar-refractivity contribution >= 4 is 34.8 Å². The second-order valence-corrected chi connectivity index (χ2v) is 5.22. The summed E-state index contributed by atoms with van der Waals surface area (Å²) in [6, 6.07) is 4.57. The van der Waals surface area contributed by atoms with E-state index in [1.54, 1.807) is 6.07 Å². The van der Waals surface area contributed by atoms with Gasteiger partial charge in [0.2, 0.25) is 0 Å². The normalized spacial score (nSPS) is 10.5. The molecule has 0 aliphatic rings. The first kappa shape index (κ1) is 15.3. The van der Waals surface area contributed by atoms with Gasteiger partial charge in [-0.2, -0.15) is 0 Å². The fourth-order valence-corrected chi connectivity index (χ4v) is 2.08. The molecule has 0 fully saturated rings. The van der Waals surface area contributed by atoms with E-state index in [-0.39, 0.29) is 16.3 Å². The molecular weight excluding hydrogens is 317 g/mol. The quantitative estimate of drug-likeness (QED) is 0.911. The fraction of sp³-hybridized carbons (Fsp3) is 0.154. The van der Waals surface area contributed by atoms with Gasteiger partial charge < -0.3 is 9.88 Å². The molecule has 8 heteroatoms. The van der Waals surface area contributed by atoms with E-state index in [1.165, 1.54) is 32.4 Å². The molecule has 1 heterocycles. The number of nitrogens with zero attached hydrogens (tertiary/aromatic N) is 2. The Balaban J connectivity index is 2.44. The van der Waals surface area contributed by atoms with E-state index in [9.17, 15) is 14.4 Å². The highest BCUT2D eigenvalue weighted by atomic mass is 35.5. The predicted octanol–water partition coefficient (Wildman–Crippen LogP) is 1.64. The average Bonchev–Trinajstić information content (AvgIpc) is 2.44. The molecule has 1 amide bonds. The monoisotopic (exact) mass is 327 g/mol. The maximum absolute atomic E-state index is 12.2. The number of nitrogens with one attached hydrogen (secondary N) is 1. The first-order chi connectivity index (χ1) is 9.81. The van der Waals surface area contributed by atoms with Crippen LogP contribution in [0, 0.1) is 0 Å². The van der Waals surface area contributed by atoms with Gasteiger partial charge in [-0.05, 0) is 18.2 Å². The summed E-state index contributed by atoms with van der Waals surface area (Å²) in [5, 5.41) is 3.18. The largest absolute Gasteiger partial charge is 0.330 e. The number of halogens is 2. The lowest BCUT2D eigenvalue weighted by atomic mass is 10.2. The molecule has 6 nitrogen and oxygen atoms in total. The number of aromatic nitrogens is 2. The van der Waals surface area contributed by atoms with Crippen LogP contribution in [0.1, 0.15) is 10.4 Å². The molecule has 0 radical (unpaired) electrons. The molecular formula is C13H11Cl2N3O3. The number of anilines is 1. The van der Waals surface area contributed by atoms with Gasteiger partial charge in [0, 0.05) is 25.3 Å². The number of rotatable bonds is 2. The summed E-state index contributed by atoms with van der Waals surface area (Å²) in [6.45, 7) is 0. The predicted molar refractivity (Wildman–Crippen MR) is 81.3 cm³/mol. The Labute approximate surface area is 129 Å². The van der Waals surface area contributed by atoms with Crippen LogP contribution in [0.5, 0.6) is 0 Å². The zero-order valence-electron chi connectivity index (χ0n) is 11.2. The summed E-state index contributed by atoms with van der Waals surface area (Å²) in [7, 11) is 2.75. The van der Waals surface area contributed by atoms with Gasteiger partial charge in [0.1, 0.15) is 5.56 Å². The third kappa shape index (κ3) is 3.01. The zero-order chi connectivity index (χ0) is 15.7. The summed E-state index contributed by atoms with van der Waals surface area (Å²) in [4.78, 5) is 35.7. The number of carbonyl (C=O) groups is 1. The maximum atomic E-state index is 12.2. The first-order valence-corrected chi connectivity index (χ1v) is 6.60. The smallest absolute Gasteiger partial charge is 0.320 e. The minimum Gasteiger partial charge on any atom is -0.320 e. The zero-order valence-corrected chi connectivity index (χ0v) is 12.7. The lowest BCUT2D eigenvalue weighted by Crippen LogP contribution is -2.40. The number of carbonyl (C=O) groups excluding carboxylic acids is 1. The van der Waals surface area contributed by atoms with Crippen molar-refractivity contribution < 1.29 is 4.79 Å². The third-order valence-electron chi connectivity index (χ3n) is 2.87. The summed E-state index contributed by atoms with van der Waals surface area (Å²) in [5.74, 6) is -0.671. The lowest BCUT2D eigenvalue weighted by molar-refractivity contribution is 0.102. The van der Waals surface area contributed by atoms with E-state index in [1.807, 2.05) is 0 Å². The van der Waals surface area contributed by atoms with Crippen LogP contribution in [0.4, 0.5) is 5.69 Å². The molecule has 1 aromatic heterocycles. The van der Waals surface area contributed by atoms with Gasteiger partial charge in [0.15, 0.2) is 0 Å². The van der Waals surface area contributed by atoms with Crippen LogP contribution < -0.4 is 16.6 Å². The Hall–Kier alpha value is -2.05. The molecule has 0 saturated carbocycles. The van der Waals surface area contributed by atoms with E-state index in [0.717, 1.165) is 9.13 Å². The Kier molecular flexibility index (Phi) is 4.20. The van der Waals surface area contributed by atoms with Gasteiger partial charge in [0.25, 0.3) is 11.5 Å². The van der Waals surface area contributed by atoms with E-state index in [4.69, 9.17) is 23.2 Å². The molecule has 1 N–H and O–H groups in total. The van der Waals surface area contributed by atoms with Crippen LogP contribution in [0.2, 0.25) is 10.0 Å². The van der Waals surface area contributed by atoms with Crippen LogP contribution in [0.25, 0.3) is 0 Å². The Morgan fingerprint density at radius 1 is 1.19 bits per heavy atom. The van der Waals surface area contributed by atoms with Crippen LogP contribution in [0.15, 0.2) is 34.0 Å². The van der Waals surface area contributed by atoms with Crippen LogP contribution >= 0.6 is 23.2 Å². The van der Waals surface area contributed by atoms with Crippen molar-refractivity contribution in [2.24, 2.45) is 14.1 Å². The Bertz CT molecular complexity index is 840. The number of amides is 1. The fourth-order valence-electron chi connectivity index (χ4n) is 1.75. The van der Waals surface area contributed by atoms with Crippen molar-refractivity contribution in [1.29, 1.82) is 0 Å². The van der Waals surface area contributed by atoms with E-state index >= 15 is 0 Å². The van der Waals surface area contributed by atoms with Gasteiger partial charge in [-0.25, -0.2) is 4.79 Å². The van der Waals surface area contributed by atoms with Gasteiger partial charge in [0.05, 0.1) is 10.7 Å². The summed E-state index contributed by atoms with van der Waals surface area (Å²) in [6.07, 6.45) is 1.18. The molecule has 2 aromatic rings. The van der Waals surface area contributed by atoms with E-state index in [2.05, 4.69) is 5.32 Å². The molecule has 21 heavy (non-hydrogen) atoms. The summed E-state index contributed by atoms with van der Waals surface area (Å²) in [5.41, 5.74) is -1.09. The molecule has 0 unspecified atom stereocenters. The SMILES string of the molecule is Cn1cc(C(=O)Nc2cc(Cl)ccc2Cl)c(=O)n(C)c1=O. The Morgan fingerprint density at radius 2 is 1.86 bits per heavy atom. The standard InChI is InChI=1S/C13H11Cl2N3O3/c1-17-6-8(12(20)18(2)13(17)21)11(19)16-10-5-7(14)3-4-9(10)15/h3-6H,1-2H3,(H,16,19). The van der Waals surface area contributed by atoms with E-state index < -0.39 is 17.2 Å². The van der Waals surface area contributed by atoms with Gasteiger partial charge in [-0.15, -0.1) is 0 Å². The maximum Gasteiger partial charge on any atom is 0.330 e. The molecule has 110 valence electrons. The van der Waals surface area contributed by atoms with Crippen molar-refractivity contribution in [2.75, 3.05) is 5.32 Å². The molecule has 0 aliphatic carbocycles. The highest BCUT2D eigenvalue weighted by molar-refractivity contribution is 6.35. The number of hydrogen-bond acceptors (Lipinski definition) is 3. The van der Waals surface area contributed by atoms with Crippen molar-refractivity contribution in [2.45, 2.75) is 0 Å². The van der Waals surface area contributed by atoms with Crippen LogP contribution in [-0.2, 0) is 14.1 Å². The topological polar surface area (TPSA) is 73.1 Å².